The second kappa shape index (κ2) is 11.3. The molecule has 4 aromatic rings. The van der Waals surface area contributed by atoms with Gasteiger partial charge in [-0.25, -0.2) is 4.98 Å². The van der Waals surface area contributed by atoms with Crippen LogP contribution in [0.1, 0.15) is 72.0 Å². The highest BCUT2D eigenvalue weighted by atomic mass is 35.5. The summed E-state index contributed by atoms with van der Waals surface area (Å²) in [6.45, 7) is 1.78. The molecule has 2 aliphatic carbocycles. The van der Waals surface area contributed by atoms with Gasteiger partial charge in [0.25, 0.3) is 5.91 Å². The van der Waals surface area contributed by atoms with Crippen LogP contribution in [0.2, 0.25) is 5.02 Å². The molecule has 1 saturated carbocycles. The largest absolute Gasteiger partial charge is 0.349 e. The maximum absolute atomic E-state index is 12.8. The predicted octanol–water partition coefficient (Wildman–Crippen LogP) is 6.48. The molecule has 2 aliphatic rings. The minimum atomic E-state index is -0.0737. The van der Waals surface area contributed by atoms with E-state index in [1.54, 1.807) is 12.1 Å². The minimum absolute atomic E-state index is 0.0737. The Kier molecular flexibility index (Phi) is 7.43. The number of halogens is 1. The molecule has 2 aromatic heterocycles. The van der Waals surface area contributed by atoms with E-state index in [1.165, 1.54) is 17.7 Å². The number of aromatic amines is 1. The van der Waals surface area contributed by atoms with Gasteiger partial charge in [-0.3, -0.25) is 14.7 Å². The molecule has 0 bridgehead atoms. The third-order valence-corrected chi connectivity index (χ3v) is 8.52. The molecule has 6 nitrogen and oxygen atoms in total. The maximum atomic E-state index is 12.8. The number of imidazole rings is 1. The summed E-state index contributed by atoms with van der Waals surface area (Å²) in [5.41, 5.74) is 5.26. The van der Waals surface area contributed by atoms with E-state index in [0.717, 1.165) is 68.5 Å². The Balaban J connectivity index is 1.15. The molecule has 38 heavy (non-hydrogen) atoms. The smallest absolute Gasteiger partial charge is 0.253 e. The molecule has 7 heteroatoms. The topological polar surface area (TPSA) is 73.9 Å². The van der Waals surface area contributed by atoms with Gasteiger partial charge in [-0.1, -0.05) is 41.9 Å². The third kappa shape index (κ3) is 5.47. The van der Waals surface area contributed by atoms with Crippen molar-refractivity contribution in [2.24, 2.45) is 5.92 Å². The van der Waals surface area contributed by atoms with Crippen molar-refractivity contribution in [3.63, 3.8) is 0 Å². The summed E-state index contributed by atoms with van der Waals surface area (Å²) in [6, 6.07) is 20.3. The van der Waals surface area contributed by atoms with E-state index in [1.807, 2.05) is 30.5 Å². The first-order valence-corrected chi connectivity index (χ1v) is 14.2. The molecular formula is C31H34ClN5O. The fourth-order valence-electron chi connectivity index (χ4n) is 6.24. The second-order valence-corrected chi connectivity index (χ2v) is 11.2. The van der Waals surface area contributed by atoms with Crippen LogP contribution in [0, 0.1) is 5.92 Å². The van der Waals surface area contributed by atoms with Crippen molar-refractivity contribution in [1.29, 1.82) is 0 Å². The molecule has 1 fully saturated rings. The van der Waals surface area contributed by atoms with E-state index in [9.17, 15) is 4.79 Å². The fraction of sp³-hybridized carbons (Fsp3) is 0.387. The molecule has 1 atom stereocenters. The Labute approximate surface area is 228 Å². The molecular weight excluding hydrogens is 494 g/mol. The standard InChI is InChI=1S/C31H34ClN5O/c32-25-10-2-1-9-24(25)31(38)34-23-16-14-21(15-17-23)19-37(20-29-35-26-11-3-4-12-27(26)36-29)28-13-5-7-22-8-6-18-33-30(22)28/h1-4,6,8-12,18,21,23,28H,5,7,13-17,19-20H2,(H,34,38)(H,35,36). The molecule has 0 aliphatic heterocycles. The van der Waals surface area contributed by atoms with Crippen LogP contribution in [-0.2, 0) is 13.0 Å². The first-order chi connectivity index (χ1) is 18.6. The van der Waals surface area contributed by atoms with Crippen LogP contribution in [0.3, 0.4) is 0 Å². The zero-order valence-electron chi connectivity index (χ0n) is 21.6. The average Bonchev–Trinajstić information content (AvgIpc) is 3.36. The first-order valence-electron chi connectivity index (χ1n) is 13.8. The molecule has 2 heterocycles. The molecule has 2 N–H and O–H groups in total. The maximum Gasteiger partial charge on any atom is 0.253 e. The van der Waals surface area contributed by atoms with Gasteiger partial charge in [0.05, 0.1) is 39.9 Å². The lowest BCUT2D eigenvalue weighted by Gasteiger charge is -2.38. The lowest BCUT2D eigenvalue weighted by Crippen LogP contribution is -2.41. The van der Waals surface area contributed by atoms with Gasteiger partial charge < -0.3 is 10.3 Å². The number of hydrogen-bond donors (Lipinski definition) is 2. The van der Waals surface area contributed by atoms with Crippen molar-refractivity contribution in [2.75, 3.05) is 6.54 Å². The van der Waals surface area contributed by atoms with Crippen molar-refractivity contribution in [2.45, 2.75) is 63.6 Å². The molecule has 6 rings (SSSR count). The number of rotatable bonds is 7. The van der Waals surface area contributed by atoms with Crippen LogP contribution >= 0.6 is 11.6 Å². The molecule has 1 unspecified atom stereocenters. The molecule has 2 aromatic carbocycles. The van der Waals surface area contributed by atoms with Gasteiger partial charge in [0.2, 0.25) is 0 Å². The van der Waals surface area contributed by atoms with Gasteiger partial charge in [0.15, 0.2) is 0 Å². The number of H-pyrrole nitrogens is 1. The number of hydrogen-bond acceptors (Lipinski definition) is 4. The van der Waals surface area contributed by atoms with Crippen molar-refractivity contribution in [1.82, 2.24) is 25.2 Å². The highest BCUT2D eigenvalue weighted by molar-refractivity contribution is 6.33. The van der Waals surface area contributed by atoms with Crippen LogP contribution in [0.5, 0.6) is 0 Å². The number of amides is 1. The predicted molar refractivity (Wildman–Crippen MR) is 151 cm³/mol. The number of carbonyl (C=O) groups is 1. The number of benzene rings is 2. The van der Waals surface area contributed by atoms with Crippen LogP contribution < -0.4 is 5.32 Å². The fourth-order valence-corrected chi connectivity index (χ4v) is 6.47. The zero-order valence-corrected chi connectivity index (χ0v) is 22.3. The van der Waals surface area contributed by atoms with Gasteiger partial charge in [0.1, 0.15) is 5.82 Å². The molecule has 196 valence electrons. The Morgan fingerprint density at radius 2 is 1.82 bits per heavy atom. The number of fused-ring (bicyclic) bond motifs is 2. The van der Waals surface area contributed by atoms with E-state index in [-0.39, 0.29) is 11.9 Å². The number of aromatic nitrogens is 3. The second-order valence-electron chi connectivity index (χ2n) is 10.8. The lowest BCUT2D eigenvalue weighted by atomic mass is 9.84. The monoisotopic (exact) mass is 527 g/mol. The minimum Gasteiger partial charge on any atom is -0.349 e. The number of para-hydroxylation sites is 2. The summed E-state index contributed by atoms with van der Waals surface area (Å²) in [6.07, 6.45) is 9.49. The number of pyridine rings is 1. The van der Waals surface area contributed by atoms with Crippen molar-refractivity contribution >= 4 is 28.5 Å². The van der Waals surface area contributed by atoms with Crippen molar-refractivity contribution < 1.29 is 4.79 Å². The van der Waals surface area contributed by atoms with E-state index in [2.05, 4.69) is 39.5 Å². The Hall–Kier alpha value is -3.22. The molecule has 0 saturated heterocycles. The summed E-state index contributed by atoms with van der Waals surface area (Å²) in [5.74, 6) is 1.51. The van der Waals surface area contributed by atoms with E-state index in [4.69, 9.17) is 21.6 Å². The average molecular weight is 528 g/mol. The summed E-state index contributed by atoms with van der Waals surface area (Å²) in [4.78, 5) is 28.7. The van der Waals surface area contributed by atoms with Crippen LogP contribution in [0.25, 0.3) is 11.0 Å². The Morgan fingerprint density at radius 1 is 1.00 bits per heavy atom. The van der Waals surface area contributed by atoms with Crippen molar-refractivity contribution in [3.8, 4) is 0 Å². The lowest BCUT2D eigenvalue weighted by molar-refractivity contribution is 0.0900. The van der Waals surface area contributed by atoms with Crippen LogP contribution in [0.15, 0.2) is 66.9 Å². The first kappa shape index (κ1) is 25.1. The van der Waals surface area contributed by atoms with Gasteiger partial charge >= 0.3 is 0 Å². The van der Waals surface area contributed by atoms with Gasteiger partial charge in [-0.05, 0) is 86.8 Å². The highest BCUT2D eigenvalue weighted by Crippen LogP contribution is 2.36. The summed E-state index contributed by atoms with van der Waals surface area (Å²) < 4.78 is 0. The van der Waals surface area contributed by atoms with E-state index in [0.29, 0.717) is 22.5 Å². The third-order valence-electron chi connectivity index (χ3n) is 8.19. The van der Waals surface area contributed by atoms with Gasteiger partial charge in [-0.2, -0.15) is 0 Å². The zero-order chi connectivity index (χ0) is 25.9. The molecule has 1 amide bonds. The SMILES string of the molecule is O=C(NC1CCC(CN(Cc2nc3ccccc3[nH]2)C2CCCc3cccnc32)CC1)c1ccccc1Cl. The highest BCUT2D eigenvalue weighted by Gasteiger charge is 2.31. The summed E-state index contributed by atoms with van der Waals surface area (Å²) in [5, 5.41) is 3.72. The Bertz CT molecular complexity index is 1380. The van der Waals surface area contributed by atoms with Crippen molar-refractivity contribution in [3.05, 3.63) is 94.5 Å². The molecule has 0 spiro atoms. The van der Waals surface area contributed by atoms with Gasteiger partial charge in [-0.15, -0.1) is 0 Å². The van der Waals surface area contributed by atoms with Gasteiger partial charge in [0, 0.05) is 18.8 Å². The van der Waals surface area contributed by atoms with E-state index < -0.39 is 0 Å². The summed E-state index contributed by atoms with van der Waals surface area (Å²) in [7, 11) is 0. The van der Waals surface area contributed by atoms with Crippen LogP contribution in [-0.4, -0.2) is 38.3 Å². The number of nitrogens with zero attached hydrogens (tertiary/aromatic N) is 3. The normalized spacial score (nSPS) is 21.4. The number of aryl methyl sites for hydroxylation is 1. The number of nitrogens with one attached hydrogen (secondary N) is 2. The molecule has 0 radical (unpaired) electrons. The number of carbonyl (C=O) groups excluding carboxylic acids is 1. The quantitative estimate of drug-likeness (QED) is 0.288. The Morgan fingerprint density at radius 3 is 2.66 bits per heavy atom. The summed E-state index contributed by atoms with van der Waals surface area (Å²) >= 11 is 6.24. The van der Waals surface area contributed by atoms with E-state index >= 15 is 0 Å². The van der Waals surface area contributed by atoms with Crippen LogP contribution in [0.4, 0.5) is 0 Å².